The quantitative estimate of drug-likeness (QED) is 0.472. The van der Waals surface area contributed by atoms with E-state index in [4.69, 9.17) is 4.98 Å². The SMILES string of the molecule is CC1(C)c2ccccc2C(C)(C)c2c1ccnc2-c1ccc2c(c1)CCCC2. The van der Waals surface area contributed by atoms with Crippen molar-refractivity contribution in [2.75, 3.05) is 0 Å². The van der Waals surface area contributed by atoms with Gasteiger partial charge < -0.3 is 0 Å². The number of hydrogen-bond donors (Lipinski definition) is 0. The fourth-order valence-corrected chi connectivity index (χ4v) is 5.57. The highest BCUT2D eigenvalue weighted by Gasteiger charge is 2.43. The summed E-state index contributed by atoms with van der Waals surface area (Å²) in [5, 5.41) is 0. The van der Waals surface area contributed by atoms with Crippen molar-refractivity contribution < 1.29 is 0 Å². The molecule has 0 radical (unpaired) electrons. The van der Waals surface area contributed by atoms with Crippen molar-refractivity contribution >= 4 is 0 Å². The topological polar surface area (TPSA) is 12.9 Å². The lowest BCUT2D eigenvalue weighted by Gasteiger charge is -2.44. The minimum Gasteiger partial charge on any atom is -0.256 e. The van der Waals surface area contributed by atoms with Crippen molar-refractivity contribution in [1.82, 2.24) is 4.98 Å². The predicted molar refractivity (Wildman–Crippen MR) is 117 cm³/mol. The Kier molecular flexibility index (Phi) is 3.81. The molecule has 0 saturated heterocycles. The molecule has 0 spiro atoms. The highest BCUT2D eigenvalue weighted by atomic mass is 14.7. The third kappa shape index (κ3) is 2.42. The van der Waals surface area contributed by atoms with E-state index in [-0.39, 0.29) is 10.8 Å². The molecule has 5 rings (SSSR count). The van der Waals surface area contributed by atoms with Crippen LogP contribution in [0, 0.1) is 0 Å². The van der Waals surface area contributed by atoms with Crippen LogP contribution >= 0.6 is 0 Å². The lowest BCUT2D eigenvalue weighted by molar-refractivity contribution is 0.519. The van der Waals surface area contributed by atoms with Crippen LogP contribution in [0.4, 0.5) is 0 Å². The van der Waals surface area contributed by atoms with Crippen molar-refractivity contribution in [2.45, 2.75) is 64.2 Å². The van der Waals surface area contributed by atoms with Gasteiger partial charge in [-0.25, -0.2) is 0 Å². The van der Waals surface area contributed by atoms with E-state index < -0.39 is 0 Å². The van der Waals surface area contributed by atoms with Crippen LogP contribution in [0.25, 0.3) is 11.3 Å². The molecule has 28 heavy (non-hydrogen) atoms. The van der Waals surface area contributed by atoms with Gasteiger partial charge >= 0.3 is 0 Å². The highest BCUT2D eigenvalue weighted by Crippen LogP contribution is 2.51. The van der Waals surface area contributed by atoms with Crippen molar-refractivity contribution in [3.05, 3.63) is 88.1 Å². The Labute approximate surface area is 168 Å². The zero-order chi connectivity index (χ0) is 19.5. The fourth-order valence-electron chi connectivity index (χ4n) is 5.57. The molecule has 1 aromatic heterocycles. The molecule has 0 fully saturated rings. The van der Waals surface area contributed by atoms with Gasteiger partial charge in [-0.15, -0.1) is 0 Å². The smallest absolute Gasteiger partial charge is 0.0745 e. The molecule has 0 unspecified atom stereocenters. The Morgan fingerprint density at radius 2 is 1.39 bits per heavy atom. The van der Waals surface area contributed by atoms with Crippen LogP contribution in [0.3, 0.4) is 0 Å². The number of aromatic nitrogens is 1. The van der Waals surface area contributed by atoms with Crippen LogP contribution in [0.15, 0.2) is 54.7 Å². The van der Waals surface area contributed by atoms with E-state index in [1.807, 2.05) is 6.20 Å². The van der Waals surface area contributed by atoms with Gasteiger partial charge in [0.1, 0.15) is 0 Å². The van der Waals surface area contributed by atoms with Gasteiger partial charge in [0.05, 0.1) is 5.69 Å². The van der Waals surface area contributed by atoms with Crippen LogP contribution in [0.5, 0.6) is 0 Å². The summed E-state index contributed by atoms with van der Waals surface area (Å²) in [7, 11) is 0. The molecule has 0 atom stereocenters. The van der Waals surface area contributed by atoms with E-state index in [9.17, 15) is 0 Å². The van der Waals surface area contributed by atoms with Crippen LogP contribution in [0.1, 0.15) is 73.9 Å². The maximum absolute atomic E-state index is 4.95. The van der Waals surface area contributed by atoms with Gasteiger partial charge in [0, 0.05) is 22.6 Å². The Morgan fingerprint density at radius 3 is 2.14 bits per heavy atom. The summed E-state index contributed by atoms with van der Waals surface area (Å²) >= 11 is 0. The first kappa shape index (κ1) is 17.7. The van der Waals surface area contributed by atoms with E-state index in [1.54, 1.807) is 0 Å². The van der Waals surface area contributed by atoms with Crippen LogP contribution < -0.4 is 0 Å². The third-order valence-electron chi connectivity index (χ3n) is 7.15. The lowest BCUT2D eigenvalue weighted by Crippen LogP contribution is -2.37. The number of aryl methyl sites for hydroxylation is 2. The Hall–Kier alpha value is -2.41. The number of hydrogen-bond acceptors (Lipinski definition) is 1. The fraction of sp³-hybridized carbons (Fsp3) is 0.370. The van der Waals surface area contributed by atoms with E-state index in [2.05, 4.69) is 76.2 Å². The number of fused-ring (bicyclic) bond motifs is 3. The number of rotatable bonds is 1. The molecule has 0 amide bonds. The standard InChI is InChI=1S/C27H29N/c1-26(2)21-11-7-8-12-22(21)27(3,4)24-23(26)15-16-28-25(24)20-14-13-18-9-5-6-10-19(18)17-20/h7-8,11-17H,5-6,9-10H2,1-4H3. The van der Waals surface area contributed by atoms with Gasteiger partial charge in [0.15, 0.2) is 0 Å². The maximum atomic E-state index is 4.95. The lowest BCUT2D eigenvalue weighted by atomic mass is 9.59. The molecule has 1 nitrogen and oxygen atoms in total. The first-order valence-electron chi connectivity index (χ1n) is 10.6. The summed E-state index contributed by atoms with van der Waals surface area (Å²) < 4.78 is 0. The minimum absolute atomic E-state index is 0.0205. The van der Waals surface area contributed by atoms with E-state index in [0.717, 1.165) is 0 Å². The molecular formula is C27H29N. The van der Waals surface area contributed by atoms with Gasteiger partial charge in [0.25, 0.3) is 0 Å². The summed E-state index contributed by atoms with van der Waals surface area (Å²) in [4.78, 5) is 4.95. The first-order valence-corrected chi connectivity index (χ1v) is 10.6. The monoisotopic (exact) mass is 367 g/mol. The molecule has 2 aromatic carbocycles. The molecular weight excluding hydrogens is 338 g/mol. The number of benzene rings is 2. The van der Waals surface area contributed by atoms with E-state index >= 15 is 0 Å². The first-order chi connectivity index (χ1) is 13.4. The zero-order valence-electron chi connectivity index (χ0n) is 17.5. The van der Waals surface area contributed by atoms with Crippen molar-refractivity contribution in [3.63, 3.8) is 0 Å². The second-order valence-corrected chi connectivity index (χ2v) is 9.57. The summed E-state index contributed by atoms with van der Waals surface area (Å²) in [6.45, 7) is 9.44. The van der Waals surface area contributed by atoms with E-state index in [1.165, 1.54) is 70.3 Å². The molecule has 1 heterocycles. The van der Waals surface area contributed by atoms with Gasteiger partial charge in [-0.3, -0.25) is 4.98 Å². The Bertz CT molecular complexity index is 1070. The molecule has 3 aromatic rings. The van der Waals surface area contributed by atoms with Crippen LogP contribution in [0.2, 0.25) is 0 Å². The average Bonchev–Trinajstić information content (AvgIpc) is 2.72. The van der Waals surface area contributed by atoms with Gasteiger partial charge in [-0.1, -0.05) is 64.1 Å². The Balaban J connectivity index is 1.77. The number of pyridine rings is 1. The summed E-state index contributed by atoms with van der Waals surface area (Å²) in [5.74, 6) is 0. The molecule has 142 valence electrons. The summed E-state index contributed by atoms with van der Waals surface area (Å²) in [5.41, 5.74) is 11.1. The van der Waals surface area contributed by atoms with E-state index in [0.29, 0.717) is 0 Å². The summed E-state index contributed by atoms with van der Waals surface area (Å²) in [6, 6.07) is 18.3. The minimum atomic E-state index is -0.0685. The van der Waals surface area contributed by atoms with Gasteiger partial charge in [0.2, 0.25) is 0 Å². The summed E-state index contributed by atoms with van der Waals surface area (Å²) in [6.07, 6.45) is 7.07. The second-order valence-electron chi connectivity index (χ2n) is 9.57. The van der Waals surface area contributed by atoms with Gasteiger partial charge in [-0.2, -0.15) is 0 Å². The molecule has 0 aliphatic heterocycles. The number of nitrogens with zero attached hydrogens (tertiary/aromatic N) is 1. The molecule has 0 N–H and O–H groups in total. The highest BCUT2D eigenvalue weighted by molar-refractivity contribution is 5.72. The largest absolute Gasteiger partial charge is 0.256 e. The predicted octanol–water partition coefficient (Wildman–Crippen LogP) is 6.59. The molecule has 1 heteroatoms. The second kappa shape index (κ2) is 6.04. The Morgan fingerprint density at radius 1 is 0.714 bits per heavy atom. The van der Waals surface area contributed by atoms with Gasteiger partial charge in [-0.05, 0) is 71.2 Å². The average molecular weight is 368 g/mol. The molecule has 2 aliphatic carbocycles. The molecule has 0 saturated carbocycles. The maximum Gasteiger partial charge on any atom is 0.0745 e. The zero-order valence-corrected chi connectivity index (χ0v) is 17.5. The normalized spacial score (nSPS) is 18.7. The van der Waals surface area contributed by atoms with Crippen LogP contribution in [-0.2, 0) is 23.7 Å². The molecule has 2 aliphatic rings. The third-order valence-corrected chi connectivity index (χ3v) is 7.15. The van der Waals surface area contributed by atoms with Crippen LogP contribution in [-0.4, -0.2) is 4.98 Å². The van der Waals surface area contributed by atoms with Crippen molar-refractivity contribution in [1.29, 1.82) is 0 Å². The molecule has 0 bridgehead atoms. The van der Waals surface area contributed by atoms with Crippen molar-refractivity contribution in [3.8, 4) is 11.3 Å². The van der Waals surface area contributed by atoms with Crippen molar-refractivity contribution in [2.24, 2.45) is 0 Å².